The molecule has 0 aliphatic rings. The first-order valence-electron chi connectivity index (χ1n) is 6.18. The minimum absolute atomic E-state index is 0.0246. The number of carbonyl (C=O) groups excluding carboxylic acids is 2. The van der Waals surface area contributed by atoms with Crippen molar-refractivity contribution in [3.8, 4) is 0 Å². The number of furan rings is 1. The summed E-state index contributed by atoms with van der Waals surface area (Å²) in [4.78, 5) is 23.6. The summed E-state index contributed by atoms with van der Waals surface area (Å²) in [6, 6.07) is 2.93. The first kappa shape index (κ1) is 16.6. The third kappa shape index (κ3) is 4.03. The number of rotatable bonds is 8. The van der Waals surface area contributed by atoms with Crippen molar-refractivity contribution in [1.82, 2.24) is 5.32 Å². The third-order valence-corrected chi connectivity index (χ3v) is 4.52. The number of amides is 1. The highest BCUT2D eigenvalue weighted by atomic mass is 31.2. The smallest absolute Gasteiger partial charge is 0.360 e. The number of Topliss-reactive ketones (excluding diaryl/α,β-unsaturated/α-hetero) is 1. The van der Waals surface area contributed by atoms with Crippen molar-refractivity contribution in [3.63, 3.8) is 0 Å². The van der Waals surface area contributed by atoms with Gasteiger partial charge in [0.1, 0.15) is 0 Å². The zero-order chi connectivity index (χ0) is 15.2. The third-order valence-electron chi connectivity index (χ3n) is 2.29. The van der Waals surface area contributed by atoms with Gasteiger partial charge in [-0.15, -0.1) is 0 Å². The van der Waals surface area contributed by atoms with Crippen LogP contribution in [0.4, 0.5) is 0 Å². The number of hydrogen-bond donors (Lipinski definition) is 1. The van der Waals surface area contributed by atoms with E-state index in [1.165, 1.54) is 25.3 Å². The maximum atomic E-state index is 12.7. The summed E-state index contributed by atoms with van der Waals surface area (Å²) in [5.74, 6) is -2.63. The molecule has 0 fully saturated rings. The van der Waals surface area contributed by atoms with Crippen LogP contribution in [0.3, 0.4) is 0 Å². The highest BCUT2D eigenvalue weighted by Crippen LogP contribution is 2.52. The molecule has 0 bridgehead atoms. The van der Waals surface area contributed by atoms with Crippen molar-refractivity contribution in [3.05, 3.63) is 24.2 Å². The molecule has 112 valence electrons. The quantitative estimate of drug-likeness (QED) is 0.584. The Morgan fingerprint density at radius 1 is 1.35 bits per heavy atom. The van der Waals surface area contributed by atoms with Gasteiger partial charge in [-0.3, -0.25) is 14.2 Å². The average Bonchev–Trinajstić information content (AvgIpc) is 2.89. The summed E-state index contributed by atoms with van der Waals surface area (Å²) in [7, 11) is -3.82. The summed E-state index contributed by atoms with van der Waals surface area (Å²) in [5, 5.41) is 2.32. The average molecular weight is 303 g/mol. The second-order valence-electron chi connectivity index (χ2n) is 3.82. The molecule has 20 heavy (non-hydrogen) atoms. The molecule has 0 aromatic carbocycles. The van der Waals surface area contributed by atoms with E-state index in [0.717, 1.165) is 0 Å². The number of carbonyl (C=O) groups is 2. The van der Waals surface area contributed by atoms with Gasteiger partial charge in [0.2, 0.25) is 11.7 Å². The lowest BCUT2D eigenvalue weighted by atomic mass is 10.3. The second kappa shape index (κ2) is 7.38. The fourth-order valence-corrected chi connectivity index (χ4v) is 3.43. The zero-order valence-electron chi connectivity index (χ0n) is 11.6. The SMILES string of the molecule is CCOP(=O)(OCC)[C@@H](NC(C)=O)C(=O)c1ccco1. The maximum Gasteiger partial charge on any atom is 0.360 e. The minimum Gasteiger partial charge on any atom is -0.461 e. The van der Waals surface area contributed by atoms with E-state index in [1.807, 2.05) is 0 Å². The molecule has 8 heteroatoms. The molecular weight excluding hydrogens is 285 g/mol. The summed E-state index contributed by atoms with van der Waals surface area (Å²) < 4.78 is 27.9. The van der Waals surface area contributed by atoms with Crippen LogP contribution in [0.2, 0.25) is 0 Å². The molecule has 1 aromatic heterocycles. The van der Waals surface area contributed by atoms with Gasteiger partial charge in [0.25, 0.3) is 0 Å². The van der Waals surface area contributed by atoms with Gasteiger partial charge < -0.3 is 18.8 Å². The Labute approximate surface area is 117 Å². The summed E-state index contributed by atoms with van der Waals surface area (Å²) in [6.45, 7) is 4.62. The molecule has 0 spiro atoms. The van der Waals surface area contributed by atoms with Gasteiger partial charge in [0, 0.05) is 6.92 Å². The summed E-state index contributed by atoms with van der Waals surface area (Å²) in [6.07, 6.45) is 1.31. The molecule has 0 saturated carbocycles. The summed E-state index contributed by atoms with van der Waals surface area (Å²) in [5.41, 5.74) is 0. The molecule has 1 amide bonds. The van der Waals surface area contributed by atoms with E-state index in [-0.39, 0.29) is 19.0 Å². The molecule has 0 radical (unpaired) electrons. The lowest BCUT2D eigenvalue weighted by Gasteiger charge is -2.24. The van der Waals surface area contributed by atoms with Gasteiger partial charge in [0.15, 0.2) is 11.5 Å². The van der Waals surface area contributed by atoms with Crippen molar-refractivity contribution in [2.24, 2.45) is 0 Å². The largest absolute Gasteiger partial charge is 0.461 e. The maximum absolute atomic E-state index is 12.7. The van der Waals surface area contributed by atoms with Gasteiger partial charge in [-0.25, -0.2) is 0 Å². The van der Waals surface area contributed by atoms with Crippen LogP contribution in [-0.4, -0.2) is 30.7 Å². The lowest BCUT2D eigenvalue weighted by molar-refractivity contribution is -0.119. The Bertz CT molecular complexity index is 488. The van der Waals surface area contributed by atoms with Crippen LogP contribution in [0, 0.1) is 0 Å². The predicted molar refractivity (Wildman–Crippen MR) is 71.5 cm³/mol. The fourth-order valence-electron chi connectivity index (χ4n) is 1.58. The first-order chi connectivity index (χ1) is 9.44. The molecule has 0 unspecified atom stereocenters. The number of hydrogen-bond acceptors (Lipinski definition) is 6. The molecule has 7 nitrogen and oxygen atoms in total. The van der Waals surface area contributed by atoms with Crippen molar-refractivity contribution < 1.29 is 27.6 Å². The zero-order valence-corrected chi connectivity index (χ0v) is 12.5. The van der Waals surface area contributed by atoms with Crippen LogP contribution >= 0.6 is 7.60 Å². The highest BCUT2D eigenvalue weighted by Gasteiger charge is 2.43. The normalized spacial score (nSPS) is 12.9. The molecule has 1 N–H and O–H groups in total. The predicted octanol–water partition coefficient (Wildman–Crippen LogP) is 2.19. The Morgan fingerprint density at radius 2 is 1.95 bits per heavy atom. The van der Waals surface area contributed by atoms with Crippen molar-refractivity contribution in [2.75, 3.05) is 13.2 Å². The Hall–Kier alpha value is -1.43. The van der Waals surface area contributed by atoms with Crippen LogP contribution in [-0.2, 0) is 18.4 Å². The van der Waals surface area contributed by atoms with E-state index in [4.69, 9.17) is 13.5 Å². The Balaban J connectivity index is 3.12. The van der Waals surface area contributed by atoms with Crippen molar-refractivity contribution in [1.29, 1.82) is 0 Å². The van der Waals surface area contributed by atoms with Crippen LogP contribution in [0.1, 0.15) is 31.3 Å². The first-order valence-corrected chi connectivity index (χ1v) is 7.79. The molecule has 1 rings (SSSR count). The van der Waals surface area contributed by atoms with Gasteiger partial charge in [-0.05, 0) is 26.0 Å². The number of nitrogens with one attached hydrogen (secondary N) is 1. The van der Waals surface area contributed by atoms with Gasteiger partial charge in [-0.2, -0.15) is 0 Å². The summed E-state index contributed by atoms with van der Waals surface area (Å²) >= 11 is 0. The molecule has 0 aliphatic heterocycles. The highest BCUT2D eigenvalue weighted by molar-refractivity contribution is 7.55. The Kier molecular flexibility index (Phi) is 6.13. The van der Waals surface area contributed by atoms with Crippen LogP contribution in [0.25, 0.3) is 0 Å². The van der Waals surface area contributed by atoms with E-state index < -0.39 is 25.1 Å². The topological polar surface area (TPSA) is 94.8 Å². The monoisotopic (exact) mass is 303 g/mol. The van der Waals surface area contributed by atoms with E-state index in [0.29, 0.717) is 0 Å². The Morgan fingerprint density at radius 3 is 2.35 bits per heavy atom. The number of ketones is 1. The minimum atomic E-state index is -3.82. The van der Waals surface area contributed by atoms with Gasteiger partial charge in [-0.1, -0.05) is 0 Å². The van der Waals surface area contributed by atoms with E-state index in [2.05, 4.69) is 5.32 Å². The van der Waals surface area contributed by atoms with Crippen LogP contribution < -0.4 is 5.32 Å². The van der Waals surface area contributed by atoms with Crippen LogP contribution in [0.15, 0.2) is 22.8 Å². The molecular formula is C12H18NO6P. The standard InChI is InChI=1S/C12H18NO6P/c1-4-18-20(16,19-5-2)12(13-9(3)14)11(15)10-7-6-8-17-10/h6-8,12H,4-5H2,1-3H3,(H,13,14)/t12-/m1/s1. The van der Waals surface area contributed by atoms with Crippen molar-refractivity contribution >= 4 is 19.3 Å². The van der Waals surface area contributed by atoms with E-state index in [1.54, 1.807) is 13.8 Å². The molecule has 0 saturated heterocycles. The fraction of sp³-hybridized carbons (Fsp3) is 0.500. The lowest BCUT2D eigenvalue weighted by Crippen LogP contribution is -2.40. The van der Waals surface area contributed by atoms with Crippen LogP contribution in [0.5, 0.6) is 0 Å². The molecule has 1 heterocycles. The molecule has 0 aliphatic carbocycles. The second-order valence-corrected chi connectivity index (χ2v) is 5.93. The van der Waals surface area contributed by atoms with E-state index in [9.17, 15) is 14.2 Å². The van der Waals surface area contributed by atoms with Gasteiger partial charge in [0.05, 0.1) is 19.5 Å². The molecule has 1 atom stereocenters. The van der Waals surface area contributed by atoms with E-state index >= 15 is 0 Å². The molecule has 1 aromatic rings. The van der Waals surface area contributed by atoms with Crippen molar-refractivity contribution in [2.45, 2.75) is 26.6 Å². The van der Waals surface area contributed by atoms with Gasteiger partial charge >= 0.3 is 7.60 Å².